The summed E-state index contributed by atoms with van der Waals surface area (Å²) in [6.45, 7) is 2.20. The molecule has 2 nitrogen and oxygen atoms in total. The summed E-state index contributed by atoms with van der Waals surface area (Å²) >= 11 is 0. The minimum atomic E-state index is -4.63. The molecule has 0 unspecified atom stereocenters. The quantitative estimate of drug-likeness (QED) is 0.843. The van der Waals surface area contributed by atoms with Gasteiger partial charge < -0.3 is 10.1 Å². The summed E-state index contributed by atoms with van der Waals surface area (Å²) in [7, 11) is 1.77. The molecular formula is C10H12F3NO. The maximum Gasteiger partial charge on any atom is 0.573 e. The lowest BCUT2D eigenvalue weighted by Gasteiger charge is -2.12. The predicted octanol–water partition coefficient (Wildman–Crippen LogP) is 2.61. The molecule has 0 atom stereocenters. The van der Waals surface area contributed by atoms with Gasteiger partial charge in [-0.3, -0.25) is 0 Å². The second-order valence-corrected chi connectivity index (χ2v) is 3.18. The van der Waals surface area contributed by atoms with Crippen molar-refractivity contribution in [3.63, 3.8) is 0 Å². The van der Waals surface area contributed by atoms with Crippen molar-refractivity contribution in [1.82, 2.24) is 5.32 Å². The summed E-state index contributed by atoms with van der Waals surface area (Å²) in [4.78, 5) is 0. The van der Waals surface area contributed by atoms with E-state index in [1.54, 1.807) is 26.1 Å². The van der Waals surface area contributed by atoms with Crippen LogP contribution in [0.5, 0.6) is 5.75 Å². The summed E-state index contributed by atoms with van der Waals surface area (Å²) in [5.41, 5.74) is 1.39. The average Bonchev–Trinajstić information content (AvgIpc) is 2.08. The fraction of sp³-hybridized carbons (Fsp3) is 0.400. The van der Waals surface area contributed by atoms with Gasteiger partial charge >= 0.3 is 6.36 Å². The molecule has 0 bridgehead atoms. The number of benzene rings is 1. The van der Waals surface area contributed by atoms with Crippen LogP contribution in [-0.2, 0) is 6.54 Å². The molecule has 0 saturated carbocycles. The highest BCUT2D eigenvalue weighted by molar-refractivity contribution is 5.36. The third kappa shape index (κ3) is 3.79. The summed E-state index contributed by atoms with van der Waals surface area (Å²) in [6, 6.07) is 4.59. The van der Waals surface area contributed by atoms with E-state index < -0.39 is 6.36 Å². The molecule has 5 heteroatoms. The van der Waals surface area contributed by atoms with Gasteiger partial charge in [0, 0.05) is 6.54 Å². The highest BCUT2D eigenvalue weighted by atomic mass is 19.4. The normalized spacial score (nSPS) is 11.5. The molecular weight excluding hydrogens is 207 g/mol. The molecule has 0 aliphatic heterocycles. The van der Waals surface area contributed by atoms with E-state index in [-0.39, 0.29) is 5.75 Å². The van der Waals surface area contributed by atoms with Crippen molar-refractivity contribution in [1.29, 1.82) is 0 Å². The van der Waals surface area contributed by atoms with Crippen LogP contribution >= 0.6 is 0 Å². The van der Waals surface area contributed by atoms with E-state index in [9.17, 15) is 13.2 Å². The van der Waals surface area contributed by atoms with Gasteiger partial charge in [-0.05, 0) is 31.2 Å². The van der Waals surface area contributed by atoms with Crippen LogP contribution in [0, 0.1) is 6.92 Å². The Balaban J connectivity index is 2.84. The largest absolute Gasteiger partial charge is 0.573 e. The SMILES string of the molecule is CNCc1ccc(OC(F)(F)F)c(C)c1. The second-order valence-electron chi connectivity index (χ2n) is 3.18. The Morgan fingerprint density at radius 2 is 2.00 bits per heavy atom. The van der Waals surface area contributed by atoms with E-state index >= 15 is 0 Å². The van der Waals surface area contributed by atoms with Crippen LogP contribution in [0.15, 0.2) is 18.2 Å². The number of ether oxygens (including phenoxy) is 1. The van der Waals surface area contributed by atoms with Crippen LogP contribution in [0.3, 0.4) is 0 Å². The van der Waals surface area contributed by atoms with Gasteiger partial charge in [-0.25, -0.2) is 0 Å². The van der Waals surface area contributed by atoms with Crippen molar-refractivity contribution in [2.24, 2.45) is 0 Å². The number of hydrogen-bond acceptors (Lipinski definition) is 2. The fourth-order valence-corrected chi connectivity index (χ4v) is 1.26. The first kappa shape index (κ1) is 11.8. The van der Waals surface area contributed by atoms with Gasteiger partial charge in [0.2, 0.25) is 0 Å². The third-order valence-corrected chi connectivity index (χ3v) is 1.85. The molecule has 1 aromatic rings. The van der Waals surface area contributed by atoms with E-state index in [2.05, 4.69) is 10.1 Å². The summed E-state index contributed by atoms with van der Waals surface area (Å²) < 4.78 is 39.7. The highest BCUT2D eigenvalue weighted by Gasteiger charge is 2.31. The standard InChI is InChI=1S/C10H12F3NO/c1-7-5-8(6-14-2)3-4-9(7)15-10(11,12)13/h3-5,14H,6H2,1-2H3. The molecule has 0 heterocycles. The molecule has 84 valence electrons. The number of halogens is 3. The van der Waals surface area contributed by atoms with Crippen LogP contribution in [0.25, 0.3) is 0 Å². The first-order valence-electron chi connectivity index (χ1n) is 4.42. The molecule has 1 N–H and O–H groups in total. The number of rotatable bonds is 3. The number of aryl methyl sites for hydroxylation is 1. The lowest BCUT2D eigenvalue weighted by molar-refractivity contribution is -0.274. The van der Waals surface area contributed by atoms with E-state index in [0.29, 0.717) is 12.1 Å². The zero-order chi connectivity index (χ0) is 11.5. The molecule has 0 aliphatic rings. The van der Waals surface area contributed by atoms with Gasteiger partial charge in [0.05, 0.1) is 0 Å². The first-order valence-corrected chi connectivity index (χ1v) is 4.42. The van der Waals surface area contributed by atoms with Crippen LogP contribution < -0.4 is 10.1 Å². The molecule has 0 aliphatic carbocycles. The molecule has 1 rings (SSSR count). The summed E-state index contributed by atoms with van der Waals surface area (Å²) in [5, 5.41) is 2.92. The van der Waals surface area contributed by atoms with Crippen LogP contribution in [0.1, 0.15) is 11.1 Å². The zero-order valence-electron chi connectivity index (χ0n) is 8.48. The molecule has 1 aromatic carbocycles. The Morgan fingerprint density at radius 1 is 1.33 bits per heavy atom. The number of nitrogens with one attached hydrogen (secondary N) is 1. The molecule has 0 spiro atoms. The van der Waals surface area contributed by atoms with Crippen molar-refractivity contribution in [2.75, 3.05) is 7.05 Å². The minimum Gasteiger partial charge on any atom is -0.406 e. The molecule has 0 amide bonds. The van der Waals surface area contributed by atoms with Crippen LogP contribution in [0.4, 0.5) is 13.2 Å². The minimum absolute atomic E-state index is 0.151. The van der Waals surface area contributed by atoms with Gasteiger partial charge in [0.15, 0.2) is 0 Å². The lowest BCUT2D eigenvalue weighted by Crippen LogP contribution is -2.18. The molecule has 0 fully saturated rings. The predicted molar refractivity (Wildman–Crippen MR) is 50.6 cm³/mol. The Morgan fingerprint density at radius 3 is 2.47 bits per heavy atom. The van der Waals surface area contributed by atoms with Crippen LogP contribution in [0.2, 0.25) is 0 Å². The van der Waals surface area contributed by atoms with Gasteiger partial charge in [-0.2, -0.15) is 0 Å². The Hall–Kier alpha value is -1.23. The Labute approximate surface area is 86.1 Å². The monoisotopic (exact) mass is 219 g/mol. The van der Waals surface area contributed by atoms with Crippen molar-refractivity contribution in [3.05, 3.63) is 29.3 Å². The zero-order valence-corrected chi connectivity index (χ0v) is 8.48. The van der Waals surface area contributed by atoms with E-state index in [4.69, 9.17) is 0 Å². The Bertz CT molecular complexity index is 336. The smallest absolute Gasteiger partial charge is 0.406 e. The fourth-order valence-electron chi connectivity index (χ4n) is 1.26. The van der Waals surface area contributed by atoms with Crippen LogP contribution in [-0.4, -0.2) is 13.4 Å². The molecule has 15 heavy (non-hydrogen) atoms. The topological polar surface area (TPSA) is 21.3 Å². The van der Waals surface area contributed by atoms with Crippen molar-refractivity contribution in [3.8, 4) is 5.75 Å². The third-order valence-electron chi connectivity index (χ3n) is 1.85. The van der Waals surface area contributed by atoms with Gasteiger partial charge in [0.1, 0.15) is 5.75 Å². The van der Waals surface area contributed by atoms with Crippen molar-refractivity contribution < 1.29 is 17.9 Å². The second kappa shape index (κ2) is 4.53. The average molecular weight is 219 g/mol. The number of hydrogen-bond donors (Lipinski definition) is 1. The van der Waals surface area contributed by atoms with Gasteiger partial charge in [-0.1, -0.05) is 12.1 Å². The summed E-state index contributed by atoms with van der Waals surface area (Å²) in [5.74, 6) is -0.151. The summed E-state index contributed by atoms with van der Waals surface area (Å²) in [6.07, 6.45) is -4.63. The van der Waals surface area contributed by atoms with Gasteiger partial charge in [-0.15, -0.1) is 13.2 Å². The maximum absolute atomic E-state index is 11.9. The first-order chi connectivity index (χ1) is 6.92. The van der Waals surface area contributed by atoms with Crippen molar-refractivity contribution >= 4 is 0 Å². The van der Waals surface area contributed by atoms with Crippen molar-refractivity contribution in [2.45, 2.75) is 19.8 Å². The Kier molecular flexibility index (Phi) is 3.57. The molecule has 0 radical (unpaired) electrons. The highest BCUT2D eigenvalue weighted by Crippen LogP contribution is 2.26. The van der Waals surface area contributed by atoms with E-state index in [1.807, 2.05) is 0 Å². The lowest BCUT2D eigenvalue weighted by atomic mass is 10.1. The molecule has 0 aromatic heterocycles. The van der Waals surface area contributed by atoms with E-state index in [0.717, 1.165) is 5.56 Å². The van der Waals surface area contributed by atoms with E-state index in [1.165, 1.54) is 6.07 Å². The number of alkyl halides is 3. The maximum atomic E-state index is 11.9. The molecule has 0 saturated heterocycles. The van der Waals surface area contributed by atoms with Gasteiger partial charge in [0.25, 0.3) is 0 Å².